The monoisotopic (exact) mass is 229 g/mol. The summed E-state index contributed by atoms with van der Waals surface area (Å²) in [6.07, 6.45) is 0. The number of nitrogens with zero attached hydrogens (tertiary/aromatic N) is 2. The molecule has 0 saturated heterocycles. The molecule has 1 aromatic rings. The van der Waals surface area contributed by atoms with Crippen molar-refractivity contribution < 1.29 is 9.90 Å². The Morgan fingerprint density at radius 1 is 1.73 bits per heavy atom. The van der Waals surface area contributed by atoms with Gasteiger partial charge in [-0.05, 0) is 13.8 Å². The maximum absolute atomic E-state index is 11.7. The highest BCUT2D eigenvalue weighted by Crippen LogP contribution is 2.13. The van der Waals surface area contributed by atoms with Gasteiger partial charge in [0.1, 0.15) is 5.69 Å². The zero-order chi connectivity index (χ0) is 11.6. The number of carbonyl (C=O) groups excluding carboxylic acids is 1. The van der Waals surface area contributed by atoms with E-state index in [-0.39, 0.29) is 12.5 Å². The number of hydrogen-bond acceptors (Lipinski definition) is 5. The number of aliphatic hydroxyl groups is 1. The number of carbonyl (C=O) groups is 1. The van der Waals surface area contributed by atoms with E-state index in [0.717, 1.165) is 0 Å². The number of likely N-dealkylation sites (N-methyl/N-ethyl adjacent to an activating group) is 1. The standard InChI is InChI=1S/C9H15N3O2S/c1-9(2,14)5-12(3)7(13)6-4-15-8(10)11-6/h4,14H,5H2,1-3H3,(H2,10,11). The molecular weight excluding hydrogens is 214 g/mol. The molecule has 0 aromatic carbocycles. The number of rotatable bonds is 3. The van der Waals surface area contributed by atoms with Gasteiger partial charge in [-0.1, -0.05) is 0 Å². The number of nitrogens with two attached hydrogens (primary N) is 1. The van der Waals surface area contributed by atoms with Crippen LogP contribution in [-0.2, 0) is 0 Å². The summed E-state index contributed by atoms with van der Waals surface area (Å²) in [5.74, 6) is -0.231. The minimum atomic E-state index is -0.911. The summed E-state index contributed by atoms with van der Waals surface area (Å²) in [5, 5.41) is 11.5. The third-order valence-corrected chi connectivity index (χ3v) is 2.39. The van der Waals surface area contributed by atoms with E-state index in [2.05, 4.69) is 4.98 Å². The number of aromatic nitrogens is 1. The van der Waals surface area contributed by atoms with Gasteiger partial charge in [0.25, 0.3) is 5.91 Å². The van der Waals surface area contributed by atoms with E-state index in [4.69, 9.17) is 5.73 Å². The van der Waals surface area contributed by atoms with E-state index in [1.54, 1.807) is 26.3 Å². The van der Waals surface area contributed by atoms with Crippen LogP contribution in [-0.4, -0.2) is 40.1 Å². The van der Waals surface area contributed by atoms with Crippen LogP contribution >= 0.6 is 11.3 Å². The fourth-order valence-corrected chi connectivity index (χ4v) is 1.77. The molecular formula is C9H15N3O2S. The molecule has 5 nitrogen and oxygen atoms in total. The highest BCUT2D eigenvalue weighted by Gasteiger charge is 2.21. The quantitative estimate of drug-likeness (QED) is 0.794. The first kappa shape index (κ1) is 11.9. The van der Waals surface area contributed by atoms with Crippen molar-refractivity contribution in [3.8, 4) is 0 Å². The molecule has 0 fully saturated rings. The Bertz CT molecular complexity index is 356. The first-order chi connectivity index (χ1) is 6.79. The van der Waals surface area contributed by atoms with E-state index in [1.165, 1.54) is 16.2 Å². The maximum atomic E-state index is 11.7. The molecule has 0 atom stereocenters. The number of nitrogen functional groups attached to an aromatic ring is 1. The molecule has 0 aliphatic heterocycles. The van der Waals surface area contributed by atoms with E-state index in [0.29, 0.717) is 10.8 Å². The van der Waals surface area contributed by atoms with Crippen LogP contribution in [0.3, 0.4) is 0 Å². The normalized spacial score (nSPS) is 11.5. The molecule has 6 heteroatoms. The van der Waals surface area contributed by atoms with Gasteiger partial charge in [-0.2, -0.15) is 0 Å². The summed E-state index contributed by atoms with van der Waals surface area (Å²) in [6.45, 7) is 3.54. The average Bonchev–Trinajstić information content (AvgIpc) is 2.47. The van der Waals surface area contributed by atoms with Crippen LogP contribution < -0.4 is 5.73 Å². The molecule has 1 amide bonds. The van der Waals surface area contributed by atoms with E-state index in [1.807, 2.05) is 0 Å². The third-order valence-electron chi connectivity index (χ3n) is 1.71. The lowest BCUT2D eigenvalue weighted by atomic mass is 10.1. The van der Waals surface area contributed by atoms with Crippen molar-refractivity contribution in [1.82, 2.24) is 9.88 Å². The Hall–Kier alpha value is -1.14. The maximum Gasteiger partial charge on any atom is 0.273 e. The SMILES string of the molecule is CN(CC(C)(C)O)C(=O)c1csc(N)n1. The largest absolute Gasteiger partial charge is 0.389 e. The molecule has 0 spiro atoms. The summed E-state index contributed by atoms with van der Waals surface area (Å²) in [4.78, 5) is 17.0. The highest BCUT2D eigenvalue weighted by atomic mass is 32.1. The molecule has 1 rings (SSSR count). The van der Waals surface area contributed by atoms with Crippen LogP contribution in [0.5, 0.6) is 0 Å². The topological polar surface area (TPSA) is 79.5 Å². The van der Waals surface area contributed by atoms with Crippen molar-refractivity contribution >= 4 is 22.4 Å². The first-order valence-corrected chi connectivity index (χ1v) is 5.36. The van der Waals surface area contributed by atoms with Crippen LogP contribution in [0, 0.1) is 0 Å². The fourth-order valence-electron chi connectivity index (χ4n) is 1.23. The number of hydrogen-bond donors (Lipinski definition) is 2. The highest BCUT2D eigenvalue weighted by molar-refractivity contribution is 7.13. The van der Waals surface area contributed by atoms with Crippen molar-refractivity contribution in [3.63, 3.8) is 0 Å². The van der Waals surface area contributed by atoms with E-state index >= 15 is 0 Å². The van der Waals surface area contributed by atoms with Crippen molar-refractivity contribution in [2.24, 2.45) is 0 Å². The van der Waals surface area contributed by atoms with Crippen molar-refractivity contribution in [2.45, 2.75) is 19.4 Å². The molecule has 15 heavy (non-hydrogen) atoms. The summed E-state index contributed by atoms with van der Waals surface area (Å²) in [5.41, 5.74) is 4.84. The first-order valence-electron chi connectivity index (χ1n) is 4.48. The van der Waals surface area contributed by atoms with E-state index < -0.39 is 5.60 Å². The molecule has 0 unspecified atom stereocenters. The minimum absolute atomic E-state index is 0.231. The van der Waals surface area contributed by atoms with Crippen LogP contribution in [0.4, 0.5) is 5.13 Å². The molecule has 0 aliphatic rings. The van der Waals surface area contributed by atoms with Crippen molar-refractivity contribution in [2.75, 3.05) is 19.3 Å². The Kier molecular flexibility index (Phi) is 3.31. The van der Waals surface area contributed by atoms with Crippen molar-refractivity contribution in [1.29, 1.82) is 0 Å². The molecule has 1 aromatic heterocycles. The second-order valence-corrected chi connectivity index (χ2v) is 4.93. The molecule has 0 bridgehead atoms. The lowest BCUT2D eigenvalue weighted by molar-refractivity contribution is 0.0365. The third kappa shape index (κ3) is 3.49. The second kappa shape index (κ2) is 4.16. The van der Waals surface area contributed by atoms with Gasteiger partial charge >= 0.3 is 0 Å². The zero-order valence-electron chi connectivity index (χ0n) is 9.02. The predicted octanol–water partition coefficient (Wildman–Crippen LogP) is 0.568. The molecule has 84 valence electrons. The molecule has 0 radical (unpaired) electrons. The van der Waals surface area contributed by atoms with Gasteiger partial charge in [0.2, 0.25) is 0 Å². The lowest BCUT2D eigenvalue weighted by Gasteiger charge is -2.24. The predicted molar refractivity (Wildman–Crippen MR) is 59.8 cm³/mol. The minimum Gasteiger partial charge on any atom is -0.389 e. The molecule has 1 heterocycles. The van der Waals surface area contributed by atoms with Gasteiger partial charge in [0.05, 0.1) is 5.60 Å². The van der Waals surface area contributed by atoms with Crippen LogP contribution in [0.2, 0.25) is 0 Å². The lowest BCUT2D eigenvalue weighted by Crippen LogP contribution is -2.39. The summed E-state index contributed by atoms with van der Waals surface area (Å²) in [6, 6.07) is 0. The fraction of sp³-hybridized carbons (Fsp3) is 0.556. The van der Waals surface area contributed by atoms with Gasteiger partial charge in [-0.3, -0.25) is 4.79 Å². The number of amides is 1. The number of thiazole rings is 1. The Morgan fingerprint density at radius 2 is 2.33 bits per heavy atom. The number of anilines is 1. The van der Waals surface area contributed by atoms with Gasteiger partial charge in [0.15, 0.2) is 5.13 Å². The Morgan fingerprint density at radius 3 is 2.73 bits per heavy atom. The zero-order valence-corrected chi connectivity index (χ0v) is 9.84. The van der Waals surface area contributed by atoms with Crippen LogP contribution in [0.1, 0.15) is 24.3 Å². The summed E-state index contributed by atoms with van der Waals surface area (Å²) >= 11 is 1.22. The molecule has 0 saturated carbocycles. The molecule has 3 N–H and O–H groups in total. The Balaban J connectivity index is 2.69. The van der Waals surface area contributed by atoms with Gasteiger partial charge in [-0.25, -0.2) is 4.98 Å². The van der Waals surface area contributed by atoms with Crippen LogP contribution in [0.15, 0.2) is 5.38 Å². The Labute approximate surface area is 92.5 Å². The van der Waals surface area contributed by atoms with Gasteiger partial charge in [-0.15, -0.1) is 11.3 Å². The smallest absolute Gasteiger partial charge is 0.273 e. The molecule has 0 aliphatic carbocycles. The summed E-state index contributed by atoms with van der Waals surface area (Å²) < 4.78 is 0. The average molecular weight is 229 g/mol. The van der Waals surface area contributed by atoms with E-state index in [9.17, 15) is 9.90 Å². The van der Waals surface area contributed by atoms with Gasteiger partial charge < -0.3 is 15.7 Å². The van der Waals surface area contributed by atoms with Crippen LogP contribution in [0.25, 0.3) is 0 Å². The second-order valence-electron chi connectivity index (χ2n) is 4.04. The van der Waals surface area contributed by atoms with Gasteiger partial charge in [0, 0.05) is 19.0 Å². The van der Waals surface area contributed by atoms with Crippen molar-refractivity contribution in [3.05, 3.63) is 11.1 Å². The summed E-state index contributed by atoms with van der Waals surface area (Å²) in [7, 11) is 1.62.